The van der Waals surface area contributed by atoms with Crippen molar-refractivity contribution in [1.29, 1.82) is 0 Å². The van der Waals surface area contributed by atoms with Gasteiger partial charge in [0.15, 0.2) is 5.96 Å². The van der Waals surface area contributed by atoms with Crippen LogP contribution in [0.15, 0.2) is 41.9 Å². The molecule has 27 heavy (non-hydrogen) atoms. The topological polar surface area (TPSA) is 74.8 Å². The second kappa shape index (κ2) is 13.4. The smallest absolute Gasteiger partial charge is 0.223 e. The third kappa shape index (κ3) is 8.19. The van der Waals surface area contributed by atoms with Gasteiger partial charge in [-0.05, 0) is 25.3 Å². The van der Waals surface area contributed by atoms with E-state index in [2.05, 4.69) is 27.5 Å². The van der Waals surface area contributed by atoms with Crippen LogP contribution in [0.3, 0.4) is 0 Å². The summed E-state index contributed by atoms with van der Waals surface area (Å²) in [7, 11) is 1.74. The van der Waals surface area contributed by atoms with E-state index in [1.54, 1.807) is 13.1 Å². The average Bonchev–Trinajstić information content (AvgIpc) is 2.61. The largest absolute Gasteiger partial charge is 0.489 e. The molecule has 1 amide bonds. The molecule has 0 heterocycles. The fourth-order valence-corrected chi connectivity index (χ4v) is 2.66. The Labute approximate surface area is 179 Å². The third-order valence-corrected chi connectivity index (χ3v) is 4.42. The maximum atomic E-state index is 11.8. The first-order chi connectivity index (χ1) is 12.7. The van der Waals surface area contributed by atoms with Gasteiger partial charge in [0.25, 0.3) is 0 Å². The van der Waals surface area contributed by atoms with Crippen molar-refractivity contribution >= 4 is 35.8 Å². The molecule has 2 rings (SSSR count). The van der Waals surface area contributed by atoms with Crippen LogP contribution in [0.5, 0.6) is 5.75 Å². The number of halogens is 1. The molecule has 0 unspecified atom stereocenters. The van der Waals surface area contributed by atoms with Crippen LogP contribution in [-0.2, 0) is 11.3 Å². The highest BCUT2D eigenvalue weighted by molar-refractivity contribution is 14.0. The van der Waals surface area contributed by atoms with Crippen LogP contribution in [0.4, 0.5) is 0 Å². The van der Waals surface area contributed by atoms with Gasteiger partial charge in [0.05, 0.1) is 0 Å². The van der Waals surface area contributed by atoms with E-state index in [0.29, 0.717) is 19.7 Å². The van der Waals surface area contributed by atoms with Crippen LogP contribution in [-0.4, -0.2) is 38.6 Å². The zero-order valence-electron chi connectivity index (χ0n) is 16.0. The van der Waals surface area contributed by atoms with E-state index in [-0.39, 0.29) is 35.8 Å². The van der Waals surface area contributed by atoms with E-state index >= 15 is 0 Å². The highest BCUT2D eigenvalue weighted by Crippen LogP contribution is 2.26. The molecule has 3 N–H and O–H groups in total. The summed E-state index contributed by atoms with van der Waals surface area (Å²) in [6, 6.07) is 7.90. The Hall–Kier alpha value is -1.77. The number of nitrogens with one attached hydrogen (secondary N) is 3. The molecule has 0 spiro atoms. The molecule has 1 aromatic rings. The summed E-state index contributed by atoms with van der Waals surface area (Å²) in [5, 5.41) is 9.55. The van der Waals surface area contributed by atoms with E-state index in [1.807, 2.05) is 24.3 Å². The summed E-state index contributed by atoms with van der Waals surface area (Å²) in [5.41, 5.74) is 1.06. The molecule has 1 aliphatic rings. The van der Waals surface area contributed by atoms with Crippen molar-refractivity contribution in [2.75, 3.05) is 26.7 Å². The van der Waals surface area contributed by atoms with E-state index in [4.69, 9.17) is 4.74 Å². The minimum atomic E-state index is 0. The molecule has 0 saturated heterocycles. The summed E-state index contributed by atoms with van der Waals surface area (Å²) in [6.07, 6.45) is 5.85. The van der Waals surface area contributed by atoms with Gasteiger partial charge < -0.3 is 20.7 Å². The van der Waals surface area contributed by atoms with Gasteiger partial charge in [-0.15, -0.1) is 24.0 Å². The lowest BCUT2D eigenvalue weighted by molar-refractivity contribution is -0.127. The first-order valence-electron chi connectivity index (χ1n) is 9.28. The van der Waals surface area contributed by atoms with Crippen molar-refractivity contribution in [3.63, 3.8) is 0 Å². The van der Waals surface area contributed by atoms with Crippen LogP contribution in [0, 0.1) is 5.92 Å². The minimum absolute atomic E-state index is 0. The molecule has 7 heteroatoms. The first kappa shape index (κ1) is 23.3. The van der Waals surface area contributed by atoms with Crippen molar-refractivity contribution in [1.82, 2.24) is 16.0 Å². The zero-order valence-corrected chi connectivity index (χ0v) is 18.3. The highest BCUT2D eigenvalue weighted by Gasteiger charge is 2.24. The average molecular weight is 486 g/mol. The lowest BCUT2D eigenvalue weighted by Crippen LogP contribution is -2.39. The number of nitrogens with zero attached hydrogens (tertiary/aromatic N) is 1. The Morgan fingerprint density at radius 3 is 2.67 bits per heavy atom. The standard InChI is InChI=1S/C20H30N4O2.HI/c1-3-14-26-18-11-5-4-8-17(18)15-24-20(21-2)23-13-7-12-22-19(25)16-9-6-10-16;/h3-5,8,11,16H,1,6-7,9-10,12-15H2,2H3,(H,22,25)(H2,21,23,24);1H. The Morgan fingerprint density at radius 2 is 2.00 bits per heavy atom. The molecule has 6 nitrogen and oxygen atoms in total. The number of carbonyl (C=O) groups excluding carboxylic acids is 1. The number of aliphatic imine (C=N–C) groups is 1. The summed E-state index contributed by atoms with van der Waals surface area (Å²) in [5.74, 6) is 2.03. The Bertz CT molecular complexity index is 618. The van der Waals surface area contributed by atoms with Gasteiger partial charge in [-0.2, -0.15) is 0 Å². The van der Waals surface area contributed by atoms with Gasteiger partial charge in [0, 0.05) is 38.2 Å². The number of hydrogen-bond donors (Lipinski definition) is 3. The van der Waals surface area contributed by atoms with Gasteiger partial charge >= 0.3 is 0 Å². The Morgan fingerprint density at radius 1 is 1.26 bits per heavy atom. The summed E-state index contributed by atoms with van der Waals surface area (Å²) >= 11 is 0. The number of hydrogen-bond acceptors (Lipinski definition) is 3. The quantitative estimate of drug-likeness (QED) is 0.156. The van der Waals surface area contributed by atoms with Crippen molar-refractivity contribution < 1.29 is 9.53 Å². The molecule has 1 aliphatic carbocycles. The van der Waals surface area contributed by atoms with Gasteiger partial charge in [0.2, 0.25) is 5.91 Å². The van der Waals surface area contributed by atoms with Gasteiger partial charge in [-0.3, -0.25) is 9.79 Å². The number of benzene rings is 1. The summed E-state index contributed by atoms with van der Waals surface area (Å²) in [4.78, 5) is 16.0. The maximum Gasteiger partial charge on any atom is 0.223 e. The number of amides is 1. The SMILES string of the molecule is C=CCOc1ccccc1CNC(=NC)NCCCNC(=O)C1CCC1.I. The van der Waals surface area contributed by atoms with Gasteiger partial charge in [0.1, 0.15) is 12.4 Å². The number of para-hydroxylation sites is 1. The fraction of sp³-hybridized carbons (Fsp3) is 0.500. The Kier molecular flexibility index (Phi) is 11.6. The molecule has 1 aromatic carbocycles. The third-order valence-electron chi connectivity index (χ3n) is 4.42. The van der Waals surface area contributed by atoms with E-state index < -0.39 is 0 Å². The normalized spacial score (nSPS) is 13.7. The van der Waals surface area contributed by atoms with Crippen LogP contribution >= 0.6 is 24.0 Å². The Balaban J connectivity index is 0.00000364. The predicted octanol–water partition coefficient (Wildman–Crippen LogP) is 2.84. The number of rotatable bonds is 10. The van der Waals surface area contributed by atoms with Gasteiger partial charge in [-0.25, -0.2) is 0 Å². The van der Waals surface area contributed by atoms with Crippen molar-refractivity contribution in [3.05, 3.63) is 42.5 Å². The molecular weight excluding hydrogens is 455 g/mol. The number of guanidine groups is 1. The number of carbonyl (C=O) groups is 1. The second-order valence-corrected chi connectivity index (χ2v) is 6.33. The lowest BCUT2D eigenvalue weighted by Gasteiger charge is -2.24. The second-order valence-electron chi connectivity index (χ2n) is 6.33. The van der Waals surface area contributed by atoms with Crippen LogP contribution in [0.25, 0.3) is 0 Å². The van der Waals surface area contributed by atoms with Crippen LogP contribution in [0.2, 0.25) is 0 Å². The molecule has 0 atom stereocenters. The van der Waals surface area contributed by atoms with Crippen molar-refractivity contribution in [2.45, 2.75) is 32.2 Å². The zero-order chi connectivity index (χ0) is 18.6. The van der Waals surface area contributed by atoms with E-state index in [0.717, 1.165) is 43.1 Å². The molecule has 150 valence electrons. The number of ether oxygens (including phenoxy) is 1. The van der Waals surface area contributed by atoms with Gasteiger partial charge in [-0.1, -0.05) is 37.3 Å². The minimum Gasteiger partial charge on any atom is -0.489 e. The molecule has 0 radical (unpaired) electrons. The molecule has 1 fully saturated rings. The first-order valence-corrected chi connectivity index (χ1v) is 9.28. The molecular formula is C20H31IN4O2. The van der Waals surface area contributed by atoms with Crippen molar-refractivity contribution in [3.8, 4) is 5.75 Å². The molecule has 1 saturated carbocycles. The molecule has 0 aromatic heterocycles. The summed E-state index contributed by atoms with van der Waals surface area (Å²) in [6.45, 7) is 6.21. The van der Waals surface area contributed by atoms with Crippen LogP contribution in [0.1, 0.15) is 31.2 Å². The van der Waals surface area contributed by atoms with Crippen LogP contribution < -0.4 is 20.7 Å². The monoisotopic (exact) mass is 486 g/mol. The van der Waals surface area contributed by atoms with E-state index in [9.17, 15) is 4.79 Å². The lowest BCUT2D eigenvalue weighted by atomic mass is 9.85. The highest BCUT2D eigenvalue weighted by atomic mass is 127. The van der Waals surface area contributed by atoms with Crippen molar-refractivity contribution in [2.24, 2.45) is 10.9 Å². The fourth-order valence-electron chi connectivity index (χ4n) is 2.66. The van der Waals surface area contributed by atoms with E-state index in [1.165, 1.54) is 6.42 Å². The summed E-state index contributed by atoms with van der Waals surface area (Å²) < 4.78 is 5.66. The maximum absolute atomic E-state index is 11.8. The molecule has 0 bridgehead atoms. The predicted molar refractivity (Wildman–Crippen MR) is 121 cm³/mol. The molecule has 0 aliphatic heterocycles.